The summed E-state index contributed by atoms with van der Waals surface area (Å²) in [7, 11) is 1.43. The van der Waals surface area contributed by atoms with Crippen LogP contribution in [0.2, 0.25) is 0 Å². The number of ether oxygens (including phenoxy) is 1. The zero-order chi connectivity index (χ0) is 10.2. The molecule has 2 aliphatic rings. The number of hydrogen-bond donors (Lipinski definition) is 1. The van der Waals surface area contributed by atoms with Crippen molar-refractivity contribution in [3.8, 4) is 0 Å². The maximum atomic E-state index is 11.7. The van der Waals surface area contributed by atoms with Gasteiger partial charge >= 0.3 is 5.97 Å². The summed E-state index contributed by atoms with van der Waals surface area (Å²) < 4.78 is 4.86. The molecule has 0 radical (unpaired) electrons. The van der Waals surface area contributed by atoms with Crippen molar-refractivity contribution < 1.29 is 14.6 Å². The Hall–Kier alpha value is -0.830. The number of hydrogen-bond acceptors (Lipinski definition) is 3. The van der Waals surface area contributed by atoms with E-state index in [-0.39, 0.29) is 18.5 Å². The number of methoxy groups -OCH3 is 1. The minimum Gasteiger partial charge on any atom is -0.469 e. The highest BCUT2D eigenvalue weighted by Gasteiger charge is 2.53. The lowest BCUT2D eigenvalue weighted by Gasteiger charge is -2.31. The first kappa shape index (κ1) is 9.71. The molecule has 0 aliphatic heterocycles. The standard InChI is InChI=1S/C11H16O3/c1-14-10(13)11(4-5-12)7-8-2-3-9(11)6-8/h2-3,8-9,12H,4-7H2,1H3. The molecule has 0 spiro atoms. The second-order valence-electron chi connectivity index (χ2n) is 4.31. The second kappa shape index (κ2) is 3.39. The van der Waals surface area contributed by atoms with Gasteiger partial charge in [-0.15, -0.1) is 0 Å². The zero-order valence-corrected chi connectivity index (χ0v) is 8.40. The predicted molar refractivity (Wildman–Crippen MR) is 51.5 cm³/mol. The number of aliphatic hydroxyl groups is 1. The van der Waals surface area contributed by atoms with Crippen LogP contribution < -0.4 is 0 Å². The molecule has 0 aromatic heterocycles. The van der Waals surface area contributed by atoms with E-state index >= 15 is 0 Å². The van der Waals surface area contributed by atoms with Crippen molar-refractivity contribution in [2.45, 2.75) is 19.3 Å². The minimum atomic E-state index is -0.428. The molecule has 2 rings (SSSR count). The van der Waals surface area contributed by atoms with Crippen LogP contribution in [0.15, 0.2) is 12.2 Å². The first-order chi connectivity index (χ1) is 6.73. The van der Waals surface area contributed by atoms with Crippen LogP contribution >= 0.6 is 0 Å². The van der Waals surface area contributed by atoms with Crippen molar-refractivity contribution in [1.82, 2.24) is 0 Å². The Balaban J connectivity index is 2.24. The van der Waals surface area contributed by atoms with Crippen LogP contribution in [-0.2, 0) is 9.53 Å². The average Bonchev–Trinajstić information content (AvgIpc) is 2.77. The maximum absolute atomic E-state index is 11.7. The quantitative estimate of drug-likeness (QED) is 0.543. The van der Waals surface area contributed by atoms with Gasteiger partial charge in [0, 0.05) is 6.61 Å². The van der Waals surface area contributed by atoms with Crippen LogP contribution in [0.5, 0.6) is 0 Å². The summed E-state index contributed by atoms with van der Waals surface area (Å²) in [5, 5.41) is 9.03. The molecule has 3 heteroatoms. The molecule has 0 aromatic carbocycles. The van der Waals surface area contributed by atoms with Crippen molar-refractivity contribution >= 4 is 5.97 Å². The molecule has 2 aliphatic carbocycles. The van der Waals surface area contributed by atoms with Gasteiger partial charge in [0.2, 0.25) is 0 Å². The Morgan fingerprint density at radius 2 is 2.43 bits per heavy atom. The summed E-state index contributed by atoms with van der Waals surface area (Å²) in [4.78, 5) is 11.7. The summed E-state index contributed by atoms with van der Waals surface area (Å²) in [5.74, 6) is 0.654. The van der Waals surface area contributed by atoms with Gasteiger partial charge in [0.15, 0.2) is 0 Å². The predicted octanol–water partition coefficient (Wildman–Crippen LogP) is 1.12. The average molecular weight is 196 g/mol. The van der Waals surface area contributed by atoms with Crippen molar-refractivity contribution in [3.05, 3.63) is 12.2 Å². The lowest BCUT2D eigenvalue weighted by Crippen LogP contribution is -2.37. The van der Waals surface area contributed by atoms with E-state index in [9.17, 15) is 4.79 Å². The van der Waals surface area contributed by atoms with Crippen molar-refractivity contribution in [1.29, 1.82) is 0 Å². The highest BCUT2D eigenvalue weighted by Crippen LogP contribution is 2.54. The molecule has 0 amide bonds. The molecule has 78 valence electrons. The molecule has 14 heavy (non-hydrogen) atoms. The summed E-state index contributed by atoms with van der Waals surface area (Å²) in [5.41, 5.74) is -0.428. The first-order valence-corrected chi connectivity index (χ1v) is 5.10. The molecule has 3 atom stereocenters. The fourth-order valence-corrected chi connectivity index (χ4v) is 2.98. The van der Waals surface area contributed by atoms with E-state index in [4.69, 9.17) is 9.84 Å². The van der Waals surface area contributed by atoms with Crippen LogP contribution in [0.3, 0.4) is 0 Å². The molecular weight excluding hydrogens is 180 g/mol. The number of esters is 1. The summed E-state index contributed by atoms with van der Waals surface area (Å²) >= 11 is 0. The lowest BCUT2D eigenvalue weighted by molar-refractivity contribution is -0.155. The zero-order valence-electron chi connectivity index (χ0n) is 8.40. The molecule has 2 bridgehead atoms. The molecular formula is C11H16O3. The SMILES string of the molecule is COC(=O)C1(CCO)CC2C=CC1C2. The molecule has 1 saturated carbocycles. The van der Waals surface area contributed by atoms with Gasteiger partial charge in [-0.05, 0) is 31.1 Å². The van der Waals surface area contributed by atoms with E-state index in [1.807, 2.05) is 0 Å². The number of aliphatic hydroxyl groups excluding tert-OH is 1. The molecule has 0 saturated heterocycles. The number of rotatable bonds is 3. The third-order valence-electron chi connectivity index (χ3n) is 3.66. The topological polar surface area (TPSA) is 46.5 Å². The van der Waals surface area contributed by atoms with Gasteiger partial charge in [-0.3, -0.25) is 4.79 Å². The molecule has 0 heterocycles. The Morgan fingerprint density at radius 3 is 2.86 bits per heavy atom. The molecule has 3 nitrogen and oxygen atoms in total. The van der Waals surface area contributed by atoms with Crippen LogP contribution in [0.4, 0.5) is 0 Å². The highest BCUT2D eigenvalue weighted by molar-refractivity contribution is 5.78. The van der Waals surface area contributed by atoms with Crippen molar-refractivity contribution in [3.63, 3.8) is 0 Å². The smallest absolute Gasteiger partial charge is 0.312 e. The van der Waals surface area contributed by atoms with Gasteiger partial charge in [-0.25, -0.2) is 0 Å². The normalized spacial score (nSPS) is 39.0. The number of carbonyl (C=O) groups excluding carboxylic acids is 1. The number of allylic oxidation sites excluding steroid dienone is 2. The lowest BCUT2D eigenvalue weighted by atomic mass is 9.73. The van der Waals surface area contributed by atoms with E-state index < -0.39 is 5.41 Å². The van der Waals surface area contributed by atoms with E-state index in [1.54, 1.807) is 0 Å². The van der Waals surface area contributed by atoms with Crippen LogP contribution in [0.25, 0.3) is 0 Å². The molecule has 1 fully saturated rings. The van der Waals surface area contributed by atoms with Gasteiger partial charge in [0.05, 0.1) is 12.5 Å². The van der Waals surface area contributed by atoms with Gasteiger partial charge in [-0.2, -0.15) is 0 Å². The maximum Gasteiger partial charge on any atom is 0.312 e. The third-order valence-corrected chi connectivity index (χ3v) is 3.66. The summed E-state index contributed by atoms with van der Waals surface area (Å²) in [6.07, 6.45) is 6.73. The molecule has 3 unspecified atom stereocenters. The monoisotopic (exact) mass is 196 g/mol. The van der Waals surface area contributed by atoms with Gasteiger partial charge in [0.1, 0.15) is 0 Å². The van der Waals surface area contributed by atoms with E-state index in [1.165, 1.54) is 7.11 Å². The summed E-state index contributed by atoms with van der Waals surface area (Å²) in [6.45, 7) is 0.0617. The summed E-state index contributed by atoms with van der Waals surface area (Å²) in [6, 6.07) is 0. The van der Waals surface area contributed by atoms with Crippen molar-refractivity contribution in [2.75, 3.05) is 13.7 Å². The van der Waals surface area contributed by atoms with Gasteiger partial charge in [-0.1, -0.05) is 12.2 Å². The van der Waals surface area contributed by atoms with E-state index in [0.717, 1.165) is 12.8 Å². The Morgan fingerprint density at radius 1 is 1.64 bits per heavy atom. The Kier molecular flexibility index (Phi) is 2.35. The largest absolute Gasteiger partial charge is 0.469 e. The van der Waals surface area contributed by atoms with Crippen molar-refractivity contribution in [2.24, 2.45) is 17.3 Å². The third kappa shape index (κ3) is 1.19. The Bertz CT molecular complexity index is 272. The van der Waals surface area contributed by atoms with Gasteiger partial charge in [0.25, 0.3) is 0 Å². The van der Waals surface area contributed by atoms with E-state index in [0.29, 0.717) is 12.3 Å². The highest BCUT2D eigenvalue weighted by atomic mass is 16.5. The number of fused-ring (bicyclic) bond motifs is 2. The molecule has 1 N–H and O–H groups in total. The van der Waals surface area contributed by atoms with Crippen LogP contribution in [-0.4, -0.2) is 24.8 Å². The fourth-order valence-electron chi connectivity index (χ4n) is 2.98. The van der Waals surface area contributed by atoms with Gasteiger partial charge < -0.3 is 9.84 Å². The second-order valence-corrected chi connectivity index (χ2v) is 4.31. The minimum absolute atomic E-state index is 0.0617. The van der Waals surface area contributed by atoms with Crippen LogP contribution in [0, 0.1) is 17.3 Å². The number of carbonyl (C=O) groups is 1. The fraction of sp³-hybridized carbons (Fsp3) is 0.727. The van der Waals surface area contributed by atoms with Crippen LogP contribution in [0.1, 0.15) is 19.3 Å². The Labute approximate surface area is 83.8 Å². The first-order valence-electron chi connectivity index (χ1n) is 5.10. The van der Waals surface area contributed by atoms with E-state index in [2.05, 4.69) is 12.2 Å². The molecule has 0 aromatic rings.